The molecule has 1 atom stereocenters. The first-order valence-corrected chi connectivity index (χ1v) is 10.3. The number of carbonyl (C=O) groups excluding carboxylic acids is 2. The van der Waals surface area contributed by atoms with Gasteiger partial charge in [-0.2, -0.15) is 0 Å². The fourth-order valence-electron chi connectivity index (χ4n) is 3.40. The van der Waals surface area contributed by atoms with E-state index in [0.29, 0.717) is 22.7 Å². The van der Waals surface area contributed by atoms with Crippen LogP contribution in [0.5, 0.6) is 0 Å². The standard InChI is InChI=1S/C22H20N2O4S/c1-14-10-11-24(18-8-4-5-9-19(18)29-14)21(26)13-28-22(27)16-12-20(25)23-17-7-3-2-6-15(16)17/h2-9,12,14H,10-11,13H2,1H3,(H,23,25). The monoisotopic (exact) mass is 408 g/mol. The molecule has 1 aliphatic rings. The quantitative estimate of drug-likeness (QED) is 0.670. The summed E-state index contributed by atoms with van der Waals surface area (Å²) in [7, 11) is 0. The highest BCUT2D eigenvalue weighted by atomic mass is 32.2. The molecule has 1 aliphatic heterocycles. The van der Waals surface area contributed by atoms with Gasteiger partial charge in [0, 0.05) is 33.7 Å². The molecule has 2 aromatic carbocycles. The Kier molecular flexibility index (Phi) is 5.40. The van der Waals surface area contributed by atoms with Crippen molar-refractivity contribution in [3.63, 3.8) is 0 Å². The summed E-state index contributed by atoms with van der Waals surface area (Å²) in [6, 6.07) is 15.9. The number of hydrogen-bond acceptors (Lipinski definition) is 5. The van der Waals surface area contributed by atoms with Crippen LogP contribution >= 0.6 is 11.8 Å². The fraction of sp³-hybridized carbons (Fsp3) is 0.227. The van der Waals surface area contributed by atoms with E-state index in [9.17, 15) is 14.4 Å². The Bertz CT molecular complexity index is 1140. The minimum atomic E-state index is -0.688. The molecule has 1 amide bonds. The van der Waals surface area contributed by atoms with Crippen LogP contribution in [-0.2, 0) is 9.53 Å². The van der Waals surface area contributed by atoms with Gasteiger partial charge in [-0.25, -0.2) is 4.79 Å². The normalized spacial score (nSPS) is 16.2. The van der Waals surface area contributed by atoms with Crippen LogP contribution in [0.2, 0.25) is 0 Å². The van der Waals surface area contributed by atoms with E-state index >= 15 is 0 Å². The van der Waals surface area contributed by atoms with Crippen molar-refractivity contribution in [2.45, 2.75) is 23.5 Å². The van der Waals surface area contributed by atoms with Gasteiger partial charge >= 0.3 is 5.97 Å². The van der Waals surface area contributed by atoms with E-state index in [1.807, 2.05) is 24.3 Å². The van der Waals surface area contributed by atoms with Gasteiger partial charge in [-0.15, -0.1) is 11.8 Å². The number of benzene rings is 2. The molecule has 0 spiro atoms. The summed E-state index contributed by atoms with van der Waals surface area (Å²) in [5.74, 6) is -0.971. The molecule has 1 aromatic heterocycles. The number of nitrogens with one attached hydrogen (secondary N) is 1. The molecule has 0 radical (unpaired) electrons. The number of carbonyl (C=O) groups is 2. The van der Waals surface area contributed by atoms with Gasteiger partial charge in [-0.3, -0.25) is 9.59 Å². The molecule has 4 rings (SSSR count). The number of fused-ring (bicyclic) bond motifs is 2. The number of para-hydroxylation sites is 2. The number of hydrogen-bond donors (Lipinski definition) is 1. The summed E-state index contributed by atoms with van der Waals surface area (Å²) < 4.78 is 5.30. The lowest BCUT2D eigenvalue weighted by atomic mass is 10.1. The number of esters is 1. The number of rotatable bonds is 3. The Morgan fingerprint density at radius 1 is 1.17 bits per heavy atom. The lowest BCUT2D eigenvalue weighted by Gasteiger charge is -2.22. The number of ether oxygens (including phenoxy) is 1. The molecule has 0 aliphatic carbocycles. The van der Waals surface area contributed by atoms with Crippen LogP contribution in [0.4, 0.5) is 5.69 Å². The van der Waals surface area contributed by atoms with Gasteiger partial charge in [0.1, 0.15) is 0 Å². The van der Waals surface area contributed by atoms with Crippen molar-refractivity contribution in [2.75, 3.05) is 18.1 Å². The van der Waals surface area contributed by atoms with Crippen molar-refractivity contribution < 1.29 is 14.3 Å². The summed E-state index contributed by atoms with van der Waals surface area (Å²) in [6.45, 7) is 2.32. The van der Waals surface area contributed by atoms with Gasteiger partial charge in [0.25, 0.3) is 5.91 Å². The largest absolute Gasteiger partial charge is 0.452 e. The second-order valence-electron chi connectivity index (χ2n) is 6.90. The van der Waals surface area contributed by atoms with Crippen LogP contribution < -0.4 is 10.5 Å². The highest BCUT2D eigenvalue weighted by Crippen LogP contribution is 2.37. The van der Waals surface area contributed by atoms with E-state index in [-0.39, 0.29) is 18.1 Å². The lowest BCUT2D eigenvalue weighted by molar-refractivity contribution is -0.121. The minimum absolute atomic E-state index is 0.151. The van der Waals surface area contributed by atoms with Crippen LogP contribution in [0.3, 0.4) is 0 Å². The molecule has 29 heavy (non-hydrogen) atoms. The van der Waals surface area contributed by atoms with Crippen LogP contribution in [0.25, 0.3) is 10.9 Å². The first-order chi connectivity index (χ1) is 14.0. The average molecular weight is 408 g/mol. The third kappa shape index (κ3) is 4.05. The Morgan fingerprint density at radius 2 is 1.93 bits per heavy atom. The molecule has 1 unspecified atom stereocenters. The van der Waals surface area contributed by atoms with Crippen LogP contribution in [-0.4, -0.2) is 35.3 Å². The van der Waals surface area contributed by atoms with Gasteiger partial charge in [0.15, 0.2) is 6.61 Å². The molecule has 0 saturated carbocycles. The molecular formula is C22H20N2O4S. The van der Waals surface area contributed by atoms with E-state index in [0.717, 1.165) is 17.0 Å². The van der Waals surface area contributed by atoms with Crippen molar-refractivity contribution in [3.05, 3.63) is 70.5 Å². The zero-order valence-corrected chi connectivity index (χ0v) is 16.7. The summed E-state index contributed by atoms with van der Waals surface area (Å²) in [4.78, 5) is 42.7. The molecule has 0 saturated heterocycles. The number of thioether (sulfide) groups is 1. The van der Waals surface area contributed by atoms with E-state index in [2.05, 4.69) is 11.9 Å². The Morgan fingerprint density at radius 3 is 2.79 bits per heavy atom. The maximum Gasteiger partial charge on any atom is 0.339 e. The average Bonchev–Trinajstić information content (AvgIpc) is 2.89. The molecule has 7 heteroatoms. The molecule has 2 heterocycles. The Hall–Kier alpha value is -3.06. The fourth-order valence-corrected chi connectivity index (χ4v) is 4.52. The molecule has 1 N–H and O–H groups in total. The van der Waals surface area contributed by atoms with E-state index in [1.54, 1.807) is 40.9 Å². The number of anilines is 1. The zero-order valence-electron chi connectivity index (χ0n) is 15.9. The number of amides is 1. The van der Waals surface area contributed by atoms with Crippen molar-refractivity contribution in [1.82, 2.24) is 4.98 Å². The van der Waals surface area contributed by atoms with Crippen LogP contribution in [0, 0.1) is 0 Å². The maximum atomic E-state index is 12.9. The predicted molar refractivity (Wildman–Crippen MR) is 114 cm³/mol. The minimum Gasteiger partial charge on any atom is -0.452 e. The van der Waals surface area contributed by atoms with Crippen molar-refractivity contribution in [3.8, 4) is 0 Å². The lowest BCUT2D eigenvalue weighted by Crippen LogP contribution is -2.35. The molecule has 0 bridgehead atoms. The Labute approximate surface area is 171 Å². The van der Waals surface area contributed by atoms with Crippen molar-refractivity contribution in [1.29, 1.82) is 0 Å². The molecule has 6 nitrogen and oxygen atoms in total. The highest BCUT2D eigenvalue weighted by molar-refractivity contribution is 8.00. The zero-order chi connectivity index (χ0) is 20.4. The summed E-state index contributed by atoms with van der Waals surface area (Å²) in [6.07, 6.45) is 0.845. The number of H-pyrrole nitrogens is 1. The third-order valence-corrected chi connectivity index (χ3v) is 6.08. The van der Waals surface area contributed by atoms with E-state index in [1.165, 1.54) is 6.07 Å². The number of pyridine rings is 1. The topological polar surface area (TPSA) is 79.5 Å². The number of aromatic nitrogens is 1. The number of aromatic amines is 1. The third-order valence-electron chi connectivity index (χ3n) is 4.84. The summed E-state index contributed by atoms with van der Waals surface area (Å²) in [5, 5.41) is 0.966. The van der Waals surface area contributed by atoms with E-state index in [4.69, 9.17) is 4.74 Å². The number of nitrogens with zero attached hydrogens (tertiary/aromatic N) is 1. The SMILES string of the molecule is CC1CCN(C(=O)COC(=O)c2cc(=O)[nH]c3ccccc23)c2ccccc2S1. The van der Waals surface area contributed by atoms with Gasteiger partial charge in [-0.05, 0) is 24.6 Å². The maximum absolute atomic E-state index is 12.9. The molecule has 3 aromatic rings. The van der Waals surface area contributed by atoms with Gasteiger partial charge in [0.2, 0.25) is 5.56 Å². The van der Waals surface area contributed by atoms with Gasteiger partial charge in [0.05, 0.1) is 11.3 Å². The van der Waals surface area contributed by atoms with Crippen LogP contribution in [0.15, 0.2) is 64.3 Å². The second kappa shape index (κ2) is 8.13. The molecule has 148 valence electrons. The first-order valence-electron chi connectivity index (χ1n) is 9.38. The highest BCUT2D eigenvalue weighted by Gasteiger charge is 2.25. The summed E-state index contributed by atoms with van der Waals surface area (Å²) >= 11 is 1.74. The first kappa shape index (κ1) is 19.3. The molecule has 0 fully saturated rings. The van der Waals surface area contributed by atoms with Crippen LogP contribution in [0.1, 0.15) is 23.7 Å². The van der Waals surface area contributed by atoms with Gasteiger partial charge < -0.3 is 14.6 Å². The molecular weight excluding hydrogens is 388 g/mol. The van der Waals surface area contributed by atoms with Crippen molar-refractivity contribution >= 4 is 40.2 Å². The second-order valence-corrected chi connectivity index (χ2v) is 8.38. The van der Waals surface area contributed by atoms with E-state index < -0.39 is 11.5 Å². The summed E-state index contributed by atoms with van der Waals surface area (Å²) in [5.41, 5.74) is 1.14. The van der Waals surface area contributed by atoms with Gasteiger partial charge in [-0.1, -0.05) is 37.3 Å². The smallest absolute Gasteiger partial charge is 0.339 e. The predicted octanol–water partition coefficient (Wildman–Crippen LogP) is 3.60. The Balaban J connectivity index is 1.53. The van der Waals surface area contributed by atoms with Crippen molar-refractivity contribution in [2.24, 2.45) is 0 Å².